The maximum absolute atomic E-state index is 12.5. The molecule has 1 rings (SSSR count). The summed E-state index contributed by atoms with van der Waals surface area (Å²) in [6, 6.07) is -2.36. The van der Waals surface area contributed by atoms with Crippen LogP contribution < -0.4 is 0 Å². The quantitative estimate of drug-likeness (QED) is 0.465. The normalized spacial score (nSPS) is 14.2. The molecule has 0 radical (unpaired) electrons. The van der Waals surface area contributed by atoms with Crippen LogP contribution in [0.5, 0.6) is 0 Å². The molecule has 0 aliphatic rings. The summed E-state index contributed by atoms with van der Waals surface area (Å²) in [5, 5.41) is 0. The van der Waals surface area contributed by atoms with E-state index in [-0.39, 0.29) is 19.1 Å². The Morgan fingerprint density at radius 2 is 1.65 bits per heavy atom. The van der Waals surface area contributed by atoms with Gasteiger partial charge in [-0.1, -0.05) is 52.1 Å². The van der Waals surface area contributed by atoms with Gasteiger partial charge >= 0.3 is 11.9 Å². The highest BCUT2D eigenvalue weighted by molar-refractivity contribution is 6.03. The molecule has 0 aliphatic heterocycles. The SMILES string of the molecule is [2H]c1c([2H])c([2H])c(C(=O)OCC(C)CCC)c(C(=O)OCCCCC)c1[2H]. The topological polar surface area (TPSA) is 52.6 Å². The molecule has 4 nitrogen and oxygen atoms in total. The van der Waals surface area contributed by atoms with Crippen molar-refractivity contribution < 1.29 is 24.5 Å². The number of hydrogen-bond acceptors (Lipinski definition) is 4. The van der Waals surface area contributed by atoms with Gasteiger partial charge in [0.05, 0.1) is 29.8 Å². The molecule has 128 valence electrons. The third kappa shape index (κ3) is 6.85. The maximum atomic E-state index is 12.5. The molecule has 0 aromatic heterocycles. The van der Waals surface area contributed by atoms with Crippen molar-refractivity contribution in [2.24, 2.45) is 5.92 Å². The lowest BCUT2D eigenvalue weighted by Crippen LogP contribution is -2.17. The third-order valence-electron chi connectivity index (χ3n) is 3.36. The van der Waals surface area contributed by atoms with E-state index < -0.39 is 47.2 Å². The number of benzene rings is 1. The highest BCUT2D eigenvalue weighted by Gasteiger charge is 2.19. The molecule has 0 saturated heterocycles. The number of unbranched alkanes of at least 4 members (excludes halogenated alkanes) is 2. The first-order chi connectivity index (χ1) is 12.8. The van der Waals surface area contributed by atoms with Crippen molar-refractivity contribution in [1.82, 2.24) is 0 Å². The molecule has 1 atom stereocenters. The van der Waals surface area contributed by atoms with Gasteiger partial charge in [0, 0.05) is 0 Å². The van der Waals surface area contributed by atoms with Crippen molar-refractivity contribution in [3.63, 3.8) is 0 Å². The van der Waals surface area contributed by atoms with E-state index in [9.17, 15) is 9.59 Å². The minimum Gasteiger partial charge on any atom is -0.462 e. The summed E-state index contributed by atoms with van der Waals surface area (Å²) in [4.78, 5) is 24.9. The second-order valence-electron chi connectivity index (χ2n) is 5.59. The summed E-state index contributed by atoms with van der Waals surface area (Å²) in [7, 11) is 0. The predicted octanol–water partition coefficient (Wildman–Crippen LogP) is 4.63. The minimum atomic E-state index is -0.939. The summed E-state index contributed by atoms with van der Waals surface area (Å²) in [5.74, 6) is -1.77. The monoisotopic (exact) mass is 324 g/mol. The van der Waals surface area contributed by atoms with Crippen LogP contribution in [0, 0.1) is 5.92 Å². The van der Waals surface area contributed by atoms with Crippen LogP contribution in [0.3, 0.4) is 0 Å². The van der Waals surface area contributed by atoms with Gasteiger partial charge in [0.2, 0.25) is 0 Å². The number of ether oxygens (including phenoxy) is 2. The van der Waals surface area contributed by atoms with Gasteiger partial charge in [-0.05, 0) is 30.8 Å². The van der Waals surface area contributed by atoms with Crippen molar-refractivity contribution in [2.45, 2.75) is 52.9 Å². The van der Waals surface area contributed by atoms with Crippen LogP contribution in [-0.4, -0.2) is 25.2 Å². The van der Waals surface area contributed by atoms with Crippen LogP contribution in [-0.2, 0) is 9.47 Å². The molecule has 4 heteroatoms. The Kier molecular flexibility index (Phi) is 6.39. The van der Waals surface area contributed by atoms with Crippen LogP contribution in [0.25, 0.3) is 0 Å². The van der Waals surface area contributed by atoms with E-state index in [1.807, 2.05) is 20.8 Å². The summed E-state index contributed by atoms with van der Waals surface area (Å²) in [5.41, 5.74) is -0.934. The molecule has 0 spiro atoms. The number of hydrogen-bond donors (Lipinski definition) is 0. The van der Waals surface area contributed by atoms with Gasteiger partial charge in [0.15, 0.2) is 0 Å². The molecule has 1 aromatic carbocycles. The fraction of sp³-hybridized carbons (Fsp3) is 0.579. The molecule has 0 saturated carbocycles. The van der Waals surface area contributed by atoms with Crippen LogP contribution in [0.4, 0.5) is 0 Å². The van der Waals surface area contributed by atoms with Crippen molar-refractivity contribution >= 4 is 11.9 Å². The molecule has 0 aliphatic carbocycles. The Morgan fingerprint density at radius 1 is 1.04 bits per heavy atom. The van der Waals surface area contributed by atoms with E-state index in [2.05, 4.69) is 0 Å². The average Bonchev–Trinajstić information content (AvgIpc) is 2.64. The van der Waals surface area contributed by atoms with Crippen molar-refractivity contribution in [1.29, 1.82) is 0 Å². The fourth-order valence-corrected chi connectivity index (χ4v) is 2.07. The smallest absolute Gasteiger partial charge is 0.339 e. The van der Waals surface area contributed by atoms with Crippen molar-refractivity contribution in [3.05, 3.63) is 35.3 Å². The molecule has 1 unspecified atom stereocenters. The lowest BCUT2D eigenvalue weighted by Gasteiger charge is -2.12. The number of rotatable bonds is 10. The standard InChI is InChI=1S/C19H28O4/c1-4-6-9-13-22-18(20)16-11-7-8-12-17(16)19(21)23-14-15(3)10-5-2/h7-8,11-12,15H,4-6,9-10,13-14H2,1-3H3/i7D,8D,11D,12D. The summed E-state index contributed by atoms with van der Waals surface area (Å²) in [6.45, 7) is 6.17. The summed E-state index contributed by atoms with van der Waals surface area (Å²) in [6.07, 6.45) is 4.23. The molecule has 0 N–H and O–H groups in total. The van der Waals surface area contributed by atoms with Crippen molar-refractivity contribution in [3.8, 4) is 0 Å². The number of carbonyl (C=O) groups excluding carboxylic acids is 2. The zero-order chi connectivity index (χ0) is 20.6. The van der Waals surface area contributed by atoms with E-state index in [0.717, 1.165) is 25.7 Å². The lowest BCUT2D eigenvalue weighted by atomic mass is 10.1. The van der Waals surface area contributed by atoms with Gasteiger partial charge in [-0.2, -0.15) is 0 Å². The van der Waals surface area contributed by atoms with E-state index >= 15 is 0 Å². The second-order valence-corrected chi connectivity index (χ2v) is 5.59. The van der Waals surface area contributed by atoms with Crippen LogP contribution >= 0.6 is 0 Å². The lowest BCUT2D eigenvalue weighted by molar-refractivity contribution is 0.0416. The van der Waals surface area contributed by atoms with Gasteiger partial charge in [0.25, 0.3) is 0 Å². The average molecular weight is 324 g/mol. The van der Waals surface area contributed by atoms with Gasteiger partial charge in [-0.25, -0.2) is 9.59 Å². The molecular weight excluding hydrogens is 292 g/mol. The van der Waals surface area contributed by atoms with E-state index in [1.165, 1.54) is 0 Å². The first-order valence-corrected chi connectivity index (χ1v) is 8.20. The Morgan fingerprint density at radius 3 is 2.22 bits per heavy atom. The molecule has 0 heterocycles. The van der Waals surface area contributed by atoms with E-state index in [1.54, 1.807) is 0 Å². The second kappa shape index (κ2) is 10.8. The van der Waals surface area contributed by atoms with Crippen LogP contribution in [0.15, 0.2) is 24.2 Å². The molecule has 0 bridgehead atoms. The molecule has 1 aromatic rings. The van der Waals surface area contributed by atoms with Gasteiger partial charge in [-0.3, -0.25) is 0 Å². The first-order valence-electron chi connectivity index (χ1n) is 10.2. The van der Waals surface area contributed by atoms with Gasteiger partial charge < -0.3 is 9.47 Å². The van der Waals surface area contributed by atoms with Crippen LogP contribution in [0.2, 0.25) is 0 Å². The molecule has 0 fully saturated rings. The highest BCUT2D eigenvalue weighted by atomic mass is 16.5. The summed E-state index contributed by atoms with van der Waals surface area (Å²) < 4.78 is 41.9. The number of carbonyl (C=O) groups is 2. The Labute approximate surface area is 144 Å². The zero-order valence-corrected chi connectivity index (χ0v) is 14.2. The van der Waals surface area contributed by atoms with E-state index in [4.69, 9.17) is 15.0 Å². The Balaban J connectivity index is 3.16. The molecule has 23 heavy (non-hydrogen) atoms. The van der Waals surface area contributed by atoms with E-state index in [0.29, 0.717) is 6.42 Å². The number of esters is 2. The highest BCUT2D eigenvalue weighted by Crippen LogP contribution is 2.14. The van der Waals surface area contributed by atoms with Crippen molar-refractivity contribution in [2.75, 3.05) is 13.2 Å². The fourth-order valence-electron chi connectivity index (χ4n) is 2.07. The van der Waals surface area contributed by atoms with Crippen LogP contribution in [0.1, 0.15) is 79.1 Å². The third-order valence-corrected chi connectivity index (χ3v) is 3.36. The molecule has 0 amide bonds. The largest absolute Gasteiger partial charge is 0.462 e. The summed E-state index contributed by atoms with van der Waals surface area (Å²) >= 11 is 0. The predicted molar refractivity (Wildman–Crippen MR) is 90.6 cm³/mol. The minimum absolute atomic E-state index is 0.110. The Hall–Kier alpha value is -1.84. The zero-order valence-electron chi connectivity index (χ0n) is 18.2. The Bertz CT molecular complexity index is 676. The molecular formula is C19H28O4. The van der Waals surface area contributed by atoms with Gasteiger partial charge in [-0.15, -0.1) is 0 Å². The van der Waals surface area contributed by atoms with Gasteiger partial charge in [0.1, 0.15) is 0 Å². The first kappa shape index (κ1) is 13.6. The maximum Gasteiger partial charge on any atom is 0.339 e.